The molecule has 13 unspecified atom stereocenters. The summed E-state index contributed by atoms with van der Waals surface area (Å²) in [4.78, 5) is 0. The highest BCUT2D eigenvalue weighted by atomic mass is 16.7. The monoisotopic (exact) mass is 523 g/mol. The number of aliphatic hydroxyl groups excluding tert-OH is 1. The van der Waals surface area contributed by atoms with Crippen molar-refractivity contribution < 1.29 is 19.3 Å². The zero-order valence-electron chi connectivity index (χ0n) is 25.9. The molecule has 2 fully saturated rings. The van der Waals surface area contributed by atoms with E-state index in [4.69, 9.17) is 19.9 Å². The number of hydrogen-bond donors (Lipinski definition) is 2. The van der Waals surface area contributed by atoms with E-state index in [1.165, 1.54) is 6.42 Å². The first kappa shape index (κ1) is 32.8. The van der Waals surface area contributed by atoms with E-state index in [-0.39, 0.29) is 36.6 Å². The van der Waals surface area contributed by atoms with E-state index < -0.39 is 12.1 Å². The van der Waals surface area contributed by atoms with E-state index in [1.807, 2.05) is 13.0 Å². The third-order valence-electron chi connectivity index (χ3n) is 10.6. The fourth-order valence-electron chi connectivity index (χ4n) is 7.22. The minimum Gasteiger partial charge on any atom is -0.387 e. The van der Waals surface area contributed by atoms with Crippen LogP contribution in [0.4, 0.5) is 0 Å². The van der Waals surface area contributed by atoms with Gasteiger partial charge in [-0.1, -0.05) is 87.8 Å². The fraction of sp³-hybridized carbons (Fsp3) is 0.938. The molecule has 2 aliphatic rings. The van der Waals surface area contributed by atoms with Gasteiger partial charge in [-0.05, 0) is 67.6 Å². The second kappa shape index (κ2) is 14.3. The Morgan fingerprint density at radius 2 is 1.70 bits per heavy atom. The van der Waals surface area contributed by atoms with Crippen molar-refractivity contribution in [2.45, 2.75) is 138 Å². The molecule has 218 valence electrons. The highest BCUT2D eigenvalue weighted by Crippen LogP contribution is 2.51. The molecule has 2 saturated heterocycles. The van der Waals surface area contributed by atoms with Gasteiger partial charge in [-0.3, -0.25) is 0 Å². The Morgan fingerprint density at radius 3 is 2.27 bits per heavy atom. The van der Waals surface area contributed by atoms with Crippen molar-refractivity contribution >= 4 is 0 Å². The van der Waals surface area contributed by atoms with Gasteiger partial charge in [-0.25, -0.2) is 0 Å². The van der Waals surface area contributed by atoms with Crippen molar-refractivity contribution in [1.29, 1.82) is 0 Å². The Kier molecular flexibility index (Phi) is 12.6. The number of rotatable bonds is 12. The Labute approximate surface area is 229 Å². The summed E-state index contributed by atoms with van der Waals surface area (Å²) in [7, 11) is 0. The van der Waals surface area contributed by atoms with Gasteiger partial charge in [0.15, 0.2) is 6.29 Å². The number of hydrogen-bond acceptors (Lipinski definition) is 5. The SMILES string of the molecule is CC/C=C/C(O)C(N)COC1OC(CC)C(C)C([C@H](C)C2(C)CC(C)C(C)C(C(C)C(C)CC)O2)C1C. The van der Waals surface area contributed by atoms with Crippen LogP contribution >= 0.6 is 0 Å². The highest BCUT2D eigenvalue weighted by molar-refractivity contribution is 5.00. The van der Waals surface area contributed by atoms with Gasteiger partial charge in [0.2, 0.25) is 0 Å². The van der Waals surface area contributed by atoms with Gasteiger partial charge in [-0.2, -0.15) is 0 Å². The molecule has 2 aliphatic heterocycles. The van der Waals surface area contributed by atoms with E-state index in [9.17, 15) is 5.11 Å². The zero-order valence-corrected chi connectivity index (χ0v) is 25.9. The van der Waals surface area contributed by atoms with Crippen molar-refractivity contribution in [3.8, 4) is 0 Å². The molecule has 5 nitrogen and oxygen atoms in total. The number of aliphatic hydroxyl groups is 1. The smallest absolute Gasteiger partial charge is 0.160 e. The Hall–Kier alpha value is -0.460. The molecule has 5 heteroatoms. The van der Waals surface area contributed by atoms with Gasteiger partial charge in [0.1, 0.15) is 0 Å². The summed E-state index contributed by atoms with van der Waals surface area (Å²) in [5.74, 6) is 3.71. The van der Waals surface area contributed by atoms with Gasteiger partial charge < -0.3 is 25.1 Å². The van der Waals surface area contributed by atoms with Crippen molar-refractivity contribution in [3.63, 3.8) is 0 Å². The second-order valence-electron chi connectivity index (χ2n) is 13.0. The minimum absolute atomic E-state index is 0.133. The lowest BCUT2D eigenvalue weighted by Gasteiger charge is -2.56. The summed E-state index contributed by atoms with van der Waals surface area (Å²) in [5, 5.41) is 10.4. The van der Waals surface area contributed by atoms with Crippen LogP contribution in [0.3, 0.4) is 0 Å². The van der Waals surface area contributed by atoms with Crippen LogP contribution < -0.4 is 5.73 Å². The average molecular weight is 524 g/mol. The van der Waals surface area contributed by atoms with Crippen LogP contribution in [-0.4, -0.2) is 48.0 Å². The molecule has 0 spiro atoms. The Bertz CT molecular complexity index is 700. The third kappa shape index (κ3) is 7.60. The normalized spacial score (nSPS) is 41.3. The van der Waals surface area contributed by atoms with Gasteiger partial charge in [-0.15, -0.1) is 0 Å². The zero-order chi connectivity index (χ0) is 28.1. The maximum Gasteiger partial charge on any atom is 0.160 e. The molecule has 0 bridgehead atoms. The largest absolute Gasteiger partial charge is 0.387 e. The molecule has 0 radical (unpaired) electrons. The lowest BCUT2D eigenvalue weighted by atomic mass is 9.62. The quantitative estimate of drug-likeness (QED) is 0.275. The lowest BCUT2D eigenvalue weighted by molar-refractivity contribution is -0.277. The average Bonchev–Trinajstić information content (AvgIpc) is 2.87. The Balaban J connectivity index is 2.25. The van der Waals surface area contributed by atoms with Crippen LogP contribution in [0.5, 0.6) is 0 Å². The molecular weight excluding hydrogens is 462 g/mol. The molecule has 3 N–H and O–H groups in total. The summed E-state index contributed by atoms with van der Waals surface area (Å²) < 4.78 is 20.0. The maximum atomic E-state index is 10.4. The Morgan fingerprint density at radius 1 is 1.05 bits per heavy atom. The first-order valence-corrected chi connectivity index (χ1v) is 15.4. The van der Waals surface area contributed by atoms with E-state index in [0.717, 1.165) is 19.3 Å². The van der Waals surface area contributed by atoms with Crippen molar-refractivity contribution in [2.75, 3.05) is 6.61 Å². The molecule has 14 atom stereocenters. The molecule has 0 amide bonds. The van der Waals surface area contributed by atoms with Crippen LogP contribution in [0.15, 0.2) is 12.2 Å². The molecule has 0 aromatic rings. The van der Waals surface area contributed by atoms with E-state index >= 15 is 0 Å². The third-order valence-corrected chi connectivity index (χ3v) is 10.6. The van der Waals surface area contributed by atoms with E-state index in [1.54, 1.807) is 6.08 Å². The summed E-state index contributed by atoms with van der Waals surface area (Å²) in [6.07, 6.45) is 7.16. The number of ether oxygens (including phenoxy) is 3. The fourth-order valence-corrected chi connectivity index (χ4v) is 7.22. The molecule has 0 aromatic heterocycles. The van der Waals surface area contributed by atoms with Crippen LogP contribution in [0.25, 0.3) is 0 Å². The van der Waals surface area contributed by atoms with E-state index in [0.29, 0.717) is 41.4 Å². The van der Waals surface area contributed by atoms with Crippen LogP contribution in [0, 0.1) is 47.3 Å². The highest BCUT2D eigenvalue weighted by Gasteiger charge is 2.53. The van der Waals surface area contributed by atoms with Gasteiger partial charge >= 0.3 is 0 Å². The predicted octanol–water partition coefficient (Wildman–Crippen LogP) is 6.82. The molecule has 0 aliphatic carbocycles. The summed E-state index contributed by atoms with van der Waals surface area (Å²) >= 11 is 0. The molecular formula is C32H61NO4. The van der Waals surface area contributed by atoms with Gasteiger partial charge in [0.25, 0.3) is 0 Å². The first-order valence-electron chi connectivity index (χ1n) is 15.4. The van der Waals surface area contributed by atoms with Crippen LogP contribution in [0.2, 0.25) is 0 Å². The summed E-state index contributed by atoms with van der Waals surface area (Å²) in [6, 6.07) is -0.474. The predicted molar refractivity (Wildman–Crippen MR) is 154 cm³/mol. The summed E-state index contributed by atoms with van der Waals surface area (Å²) in [5.41, 5.74) is 6.06. The van der Waals surface area contributed by atoms with Crippen LogP contribution in [-0.2, 0) is 14.2 Å². The molecule has 37 heavy (non-hydrogen) atoms. The molecule has 0 aromatic carbocycles. The topological polar surface area (TPSA) is 73.9 Å². The van der Waals surface area contributed by atoms with Crippen molar-refractivity contribution in [1.82, 2.24) is 0 Å². The standard InChI is InChI=1S/C32H61NO4/c1-12-15-16-27(34)26(33)18-35-31-24(9)29(23(8)28(14-3)36-31)25(10)32(11)17-20(5)22(7)30(37-32)21(6)19(4)13-2/h15-16,19-31,34H,12-14,17-18,33H2,1-11H3/b16-15+/t19?,20?,21?,22?,23?,24?,25-,26?,27?,28?,29?,30?,31?,32?/m0/s1. The number of allylic oxidation sites excluding steroid dienone is 1. The molecule has 2 heterocycles. The minimum atomic E-state index is -0.711. The number of nitrogens with two attached hydrogens (primary N) is 1. The van der Waals surface area contributed by atoms with Crippen LogP contribution in [0.1, 0.15) is 102 Å². The molecule has 2 rings (SSSR count). The summed E-state index contributed by atoms with van der Waals surface area (Å²) in [6.45, 7) is 25.8. The molecule has 0 saturated carbocycles. The lowest BCUT2D eigenvalue weighted by Crippen LogP contribution is -2.58. The second-order valence-corrected chi connectivity index (χ2v) is 13.0. The van der Waals surface area contributed by atoms with Gasteiger partial charge in [0.05, 0.1) is 36.6 Å². The van der Waals surface area contributed by atoms with Crippen molar-refractivity contribution in [2.24, 2.45) is 53.1 Å². The first-order chi connectivity index (χ1) is 17.3. The van der Waals surface area contributed by atoms with Gasteiger partial charge in [0, 0.05) is 5.92 Å². The van der Waals surface area contributed by atoms with E-state index in [2.05, 4.69) is 69.2 Å². The van der Waals surface area contributed by atoms with Crippen molar-refractivity contribution in [3.05, 3.63) is 12.2 Å². The maximum absolute atomic E-state index is 10.4.